The molecule has 0 saturated carbocycles. The van der Waals surface area contributed by atoms with Crippen LogP contribution in [0.4, 0.5) is 0 Å². The molecular formula is C24H33NO7S2. The summed E-state index contributed by atoms with van der Waals surface area (Å²) in [6.45, 7) is 5.41. The number of rotatable bonds is 8. The maximum Gasteiger partial charge on any atom is 0.325 e. The van der Waals surface area contributed by atoms with Gasteiger partial charge in [-0.25, -0.2) is 8.42 Å². The van der Waals surface area contributed by atoms with Gasteiger partial charge in [0.25, 0.3) is 0 Å². The Hall–Kier alpha value is -1.77. The number of nitrogens with zero attached hydrogens (tertiary/aromatic N) is 1. The number of esters is 1. The predicted molar refractivity (Wildman–Crippen MR) is 130 cm³/mol. The summed E-state index contributed by atoms with van der Waals surface area (Å²) >= 11 is 1.56. The van der Waals surface area contributed by atoms with Gasteiger partial charge in [-0.1, -0.05) is 11.8 Å². The van der Waals surface area contributed by atoms with Gasteiger partial charge in [0.05, 0.1) is 18.6 Å². The van der Waals surface area contributed by atoms with Crippen molar-refractivity contribution in [3.63, 3.8) is 0 Å². The Bertz CT molecular complexity index is 977. The molecular weight excluding hydrogens is 478 g/mol. The second-order valence-electron chi connectivity index (χ2n) is 8.52. The molecule has 2 aliphatic rings. The zero-order chi connectivity index (χ0) is 24.6. The standard InChI is InChI=1S/C24H33NO7S2/c1-24(2)22(23(26)29-3)25(14-18-33-24)34(27,28)20-12-10-19(11-13-20)30-15-6-4-7-16-31-21-9-5-8-17-32-21/h10-13,21-22H,5,7-9,14-18H2,1-3H3. The van der Waals surface area contributed by atoms with Crippen molar-refractivity contribution in [2.75, 3.05) is 39.2 Å². The van der Waals surface area contributed by atoms with Crippen LogP contribution in [0.15, 0.2) is 29.2 Å². The van der Waals surface area contributed by atoms with E-state index in [1.54, 1.807) is 23.9 Å². The fourth-order valence-corrected chi connectivity index (χ4v) is 7.00. The molecule has 2 unspecified atom stereocenters. The number of ether oxygens (including phenoxy) is 4. The second kappa shape index (κ2) is 12.3. The zero-order valence-corrected chi connectivity index (χ0v) is 21.6. The number of sulfonamides is 1. The number of thioether (sulfide) groups is 1. The van der Waals surface area contributed by atoms with Crippen molar-refractivity contribution in [3.05, 3.63) is 24.3 Å². The van der Waals surface area contributed by atoms with E-state index >= 15 is 0 Å². The van der Waals surface area contributed by atoms with Crippen molar-refractivity contribution < 1.29 is 32.2 Å². The summed E-state index contributed by atoms with van der Waals surface area (Å²) in [4.78, 5) is 12.5. The first-order valence-corrected chi connectivity index (χ1v) is 13.8. The molecule has 3 rings (SSSR count). The molecule has 0 radical (unpaired) electrons. The largest absolute Gasteiger partial charge is 0.481 e. The summed E-state index contributed by atoms with van der Waals surface area (Å²) in [5.41, 5.74) is 0. The van der Waals surface area contributed by atoms with Gasteiger partial charge in [0.15, 0.2) is 6.29 Å². The zero-order valence-electron chi connectivity index (χ0n) is 19.9. The summed E-state index contributed by atoms with van der Waals surface area (Å²) in [5.74, 6) is 6.48. The van der Waals surface area contributed by atoms with E-state index in [1.807, 2.05) is 13.8 Å². The Morgan fingerprint density at radius 3 is 2.68 bits per heavy atom. The van der Waals surface area contributed by atoms with Gasteiger partial charge in [-0.15, -0.1) is 0 Å². The molecule has 10 heteroatoms. The van der Waals surface area contributed by atoms with Crippen molar-refractivity contribution in [3.8, 4) is 17.6 Å². The van der Waals surface area contributed by atoms with Crippen molar-refractivity contribution in [2.45, 2.75) is 61.5 Å². The summed E-state index contributed by atoms with van der Waals surface area (Å²) in [7, 11) is -2.61. The average molecular weight is 512 g/mol. The highest BCUT2D eigenvalue weighted by Crippen LogP contribution is 2.38. The molecule has 0 aliphatic carbocycles. The van der Waals surface area contributed by atoms with E-state index in [0.29, 0.717) is 24.5 Å². The maximum atomic E-state index is 13.3. The fourth-order valence-electron chi connectivity index (χ4n) is 3.91. The molecule has 0 bridgehead atoms. The Labute approximate surface area is 206 Å². The highest BCUT2D eigenvalue weighted by molar-refractivity contribution is 8.00. The maximum absolute atomic E-state index is 13.3. The third-order valence-electron chi connectivity index (χ3n) is 5.69. The Morgan fingerprint density at radius 1 is 1.24 bits per heavy atom. The van der Waals surface area contributed by atoms with Crippen LogP contribution < -0.4 is 4.74 Å². The van der Waals surface area contributed by atoms with Gasteiger partial charge in [-0.2, -0.15) is 16.1 Å². The molecule has 0 amide bonds. The van der Waals surface area contributed by atoms with Gasteiger partial charge in [0, 0.05) is 30.1 Å². The lowest BCUT2D eigenvalue weighted by atomic mass is 10.0. The predicted octanol–water partition coefficient (Wildman–Crippen LogP) is 3.06. The molecule has 0 aromatic heterocycles. The summed E-state index contributed by atoms with van der Waals surface area (Å²) in [6, 6.07) is 5.25. The minimum absolute atomic E-state index is 0.101. The molecule has 0 N–H and O–H groups in total. The van der Waals surface area contributed by atoms with E-state index < -0.39 is 26.8 Å². The first-order chi connectivity index (χ1) is 16.3. The van der Waals surface area contributed by atoms with E-state index in [4.69, 9.17) is 18.9 Å². The Morgan fingerprint density at radius 2 is 2.00 bits per heavy atom. The first kappa shape index (κ1) is 26.8. The fraction of sp³-hybridized carbons (Fsp3) is 0.625. The lowest BCUT2D eigenvalue weighted by Gasteiger charge is -2.43. The Kier molecular flexibility index (Phi) is 9.68. The summed E-state index contributed by atoms with van der Waals surface area (Å²) in [6.07, 6.45) is 3.63. The van der Waals surface area contributed by atoms with Gasteiger partial charge in [0.2, 0.25) is 10.0 Å². The van der Waals surface area contributed by atoms with Crippen molar-refractivity contribution >= 4 is 27.8 Å². The molecule has 8 nitrogen and oxygen atoms in total. The van der Waals surface area contributed by atoms with Crippen molar-refractivity contribution in [2.24, 2.45) is 0 Å². The van der Waals surface area contributed by atoms with Crippen LogP contribution in [0.25, 0.3) is 0 Å². The first-order valence-electron chi connectivity index (χ1n) is 11.4. The van der Waals surface area contributed by atoms with Gasteiger partial charge < -0.3 is 18.9 Å². The van der Waals surface area contributed by atoms with E-state index in [2.05, 4.69) is 11.8 Å². The SMILES string of the molecule is COC(=O)C1N(S(=O)(=O)c2ccc(OCC#CCCOC3CCCCO3)cc2)CCSC1(C)C. The average Bonchev–Trinajstić information content (AvgIpc) is 2.83. The van der Waals surface area contributed by atoms with Gasteiger partial charge in [-0.05, 0) is 57.4 Å². The molecule has 1 aromatic rings. The van der Waals surface area contributed by atoms with Crippen LogP contribution in [0.3, 0.4) is 0 Å². The van der Waals surface area contributed by atoms with Crippen molar-refractivity contribution in [1.29, 1.82) is 0 Å². The third-order valence-corrected chi connectivity index (χ3v) is 8.92. The van der Waals surface area contributed by atoms with Gasteiger partial charge in [0.1, 0.15) is 18.4 Å². The normalized spacial score (nSPS) is 22.9. The molecule has 2 saturated heterocycles. The lowest BCUT2D eigenvalue weighted by molar-refractivity contribution is -0.161. The topological polar surface area (TPSA) is 91.4 Å². The van der Waals surface area contributed by atoms with Crippen LogP contribution in [0.1, 0.15) is 39.5 Å². The molecule has 0 spiro atoms. The molecule has 2 aliphatic heterocycles. The van der Waals surface area contributed by atoms with Crippen LogP contribution in [0, 0.1) is 11.8 Å². The minimum atomic E-state index is -3.89. The minimum Gasteiger partial charge on any atom is -0.481 e. The quantitative estimate of drug-likeness (QED) is 0.299. The number of benzene rings is 1. The highest BCUT2D eigenvalue weighted by Gasteiger charge is 2.48. The van der Waals surface area contributed by atoms with E-state index in [1.165, 1.54) is 23.5 Å². The number of hydrogen-bond acceptors (Lipinski definition) is 8. The smallest absolute Gasteiger partial charge is 0.325 e. The van der Waals surface area contributed by atoms with Crippen LogP contribution in [-0.4, -0.2) is 75.0 Å². The monoisotopic (exact) mass is 511 g/mol. The number of carbonyl (C=O) groups excluding carboxylic acids is 1. The summed E-state index contributed by atoms with van der Waals surface area (Å²) < 4.78 is 48.9. The molecule has 34 heavy (non-hydrogen) atoms. The number of hydrogen-bond donors (Lipinski definition) is 0. The molecule has 2 atom stereocenters. The van der Waals surface area contributed by atoms with Crippen LogP contribution in [0.2, 0.25) is 0 Å². The van der Waals surface area contributed by atoms with Crippen LogP contribution in [-0.2, 0) is 29.0 Å². The van der Waals surface area contributed by atoms with E-state index in [0.717, 1.165) is 25.9 Å². The van der Waals surface area contributed by atoms with Gasteiger partial charge >= 0.3 is 5.97 Å². The third kappa shape index (κ3) is 6.89. The van der Waals surface area contributed by atoms with Crippen molar-refractivity contribution in [1.82, 2.24) is 4.31 Å². The summed E-state index contributed by atoms with van der Waals surface area (Å²) in [5, 5.41) is 0. The molecule has 188 valence electrons. The highest BCUT2D eigenvalue weighted by atomic mass is 32.2. The number of methoxy groups -OCH3 is 1. The van der Waals surface area contributed by atoms with E-state index in [-0.39, 0.29) is 24.3 Å². The van der Waals surface area contributed by atoms with Gasteiger partial charge in [-0.3, -0.25) is 4.79 Å². The second-order valence-corrected chi connectivity index (χ2v) is 12.2. The van der Waals surface area contributed by atoms with Crippen LogP contribution in [0.5, 0.6) is 5.75 Å². The number of carbonyl (C=O) groups is 1. The van der Waals surface area contributed by atoms with E-state index in [9.17, 15) is 13.2 Å². The van der Waals surface area contributed by atoms with Crippen LogP contribution >= 0.6 is 11.8 Å². The molecule has 1 aromatic carbocycles. The lowest BCUT2D eigenvalue weighted by Crippen LogP contribution is -2.58. The Balaban J connectivity index is 1.53. The molecule has 2 heterocycles. The molecule has 2 fully saturated rings.